The van der Waals surface area contributed by atoms with Crippen LogP contribution in [0.2, 0.25) is 0 Å². The molecule has 0 heterocycles. The minimum Gasteiger partial charge on any atom is -0.308 e. The predicted octanol–water partition coefficient (Wildman–Crippen LogP) is 3.38. The first-order chi connectivity index (χ1) is 11.0. The van der Waals surface area contributed by atoms with Gasteiger partial charge in [0.15, 0.2) is 5.78 Å². The van der Waals surface area contributed by atoms with Gasteiger partial charge in [0.25, 0.3) is 0 Å². The summed E-state index contributed by atoms with van der Waals surface area (Å²) in [5.74, 6) is 0.131. The Bertz CT molecular complexity index is 630. The number of nitrogens with one attached hydrogen (secondary N) is 1. The summed E-state index contributed by atoms with van der Waals surface area (Å²) < 4.78 is 0. The Balaban J connectivity index is 1.93. The normalized spacial score (nSPS) is 12.4. The number of Topliss-reactive ketones (excluding diaryl/α,β-unsaturated/α-hetero) is 1. The summed E-state index contributed by atoms with van der Waals surface area (Å²) in [7, 11) is 4.13. The standard InChI is InChI=1S/C20H26N2O/c1-15-5-9-17(10-6-15)19(22(3)4)13-21-14-20(23)18-11-7-16(2)8-12-18/h5-12,19,21H,13-14H2,1-4H3. The number of likely N-dealkylation sites (N-methyl/N-ethyl adjacent to an activating group) is 1. The number of carbonyl (C=O) groups excluding carboxylic acids is 1. The van der Waals surface area contributed by atoms with Crippen LogP contribution in [0.4, 0.5) is 0 Å². The topological polar surface area (TPSA) is 32.3 Å². The molecule has 0 amide bonds. The van der Waals surface area contributed by atoms with Crippen LogP contribution in [0.25, 0.3) is 0 Å². The number of carbonyl (C=O) groups is 1. The average molecular weight is 310 g/mol. The summed E-state index contributed by atoms with van der Waals surface area (Å²) in [4.78, 5) is 14.4. The largest absolute Gasteiger partial charge is 0.308 e. The Labute approximate surface area is 139 Å². The van der Waals surface area contributed by atoms with Crippen LogP contribution in [0.15, 0.2) is 48.5 Å². The van der Waals surface area contributed by atoms with Gasteiger partial charge in [-0.1, -0.05) is 59.7 Å². The van der Waals surface area contributed by atoms with Gasteiger partial charge in [0.05, 0.1) is 6.54 Å². The van der Waals surface area contributed by atoms with Crippen LogP contribution < -0.4 is 5.32 Å². The maximum Gasteiger partial charge on any atom is 0.176 e. The van der Waals surface area contributed by atoms with Crippen LogP contribution in [0, 0.1) is 13.8 Å². The molecule has 122 valence electrons. The molecule has 1 N–H and O–H groups in total. The van der Waals surface area contributed by atoms with E-state index >= 15 is 0 Å². The van der Waals surface area contributed by atoms with E-state index in [9.17, 15) is 4.79 Å². The summed E-state index contributed by atoms with van der Waals surface area (Å²) in [6.07, 6.45) is 0. The highest BCUT2D eigenvalue weighted by atomic mass is 16.1. The molecular weight excluding hydrogens is 284 g/mol. The molecule has 0 bridgehead atoms. The molecule has 3 nitrogen and oxygen atoms in total. The van der Waals surface area contributed by atoms with E-state index in [4.69, 9.17) is 0 Å². The van der Waals surface area contributed by atoms with Gasteiger partial charge in [-0.25, -0.2) is 0 Å². The molecule has 0 saturated carbocycles. The molecule has 1 unspecified atom stereocenters. The molecule has 2 rings (SSSR count). The first-order valence-electron chi connectivity index (χ1n) is 8.01. The summed E-state index contributed by atoms with van der Waals surface area (Å²) in [5.41, 5.74) is 4.45. The van der Waals surface area contributed by atoms with Gasteiger partial charge in [0.1, 0.15) is 0 Å². The molecule has 0 saturated heterocycles. The lowest BCUT2D eigenvalue weighted by Crippen LogP contribution is -2.33. The van der Waals surface area contributed by atoms with E-state index in [-0.39, 0.29) is 11.8 Å². The van der Waals surface area contributed by atoms with Crippen molar-refractivity contribution in [3.05, 3.63) is 70.8 Å². The summed E-state index contributed by atoms with van der Waals surface area (Å²) >= 11 is 0. The monoisotopic (exact) mass is 310 g/mol. The zero-order valence-electron chi connectivity index (χ0n) is 14.5. The van der Waals surface area contributed by atoms with Crippen LogP contribution in [-0.4, -0.2) is 37.9 Å². The van der Waals surface area contributed by atoms with Crippen molar-refractivity contribution in [3.63, 3.8) is 0 Å². The second-order valence-corrected chi connectivity index (χ2v) is 6.31. The predicted molar refractivity (Wildman–Crippen MR) is 96.0 cm³/mol. The molecule has 2 aromatic carbocycles. The lowest BCUT2D eigenvalue weighted by molar-refractivity contribution is 0.0988. The van der Waals surface area contributed by atoms with Crippen molar-refractivity contribution >= 4 is 5.78 Å². The van der Waals surface area contributed by atoms with Gasteiger partial charge in [-0.15, -0.1) is 0 Å². The smallest absolute Gasteiger partial charge is 0.176 e. The SMILES string of the molecule is Cc1ccc(C(=O)CNCC(c2ccc(C)cc2)N(C)C)cc1. The second kappa shape index (κ2) is 8.04. The van der Waals surface area contributed by atoms with Gasteiger partial charge in [-0.2, -0.15) is 0 Å². The Morgan fingerprint density at radius 3 is 2.00 bits per heavy atom. The van der Waals surface area contributed by atoms with E-state index in [2.05, 4.69) is 55.5 Å². The van der Waals surface area contributed by atoms with Gasteiger partial charge < -0.3 is 10.2 Å². The third-order valence-corrected chi connectivity index (χ3v) is 4.08. The number of ketones is 1. The van der Waals surface area contributed by atoms with E-state index in [0.717, 1.165) is 12.1 Å². The van der Waals surface area contributed by atoms with Crippen LogP contribution in [0.5, 0.6) is 0 Å². The van der Waals surface area contributed by atoms with Gasteiger partial charge in [0.2, 0.25) is 0 Å². The van der Waals surface area contributed by atoms with Crippen molar-refractivity contribution in [3.8, 4) is 0 Å². The Kier molecular flexibility index (Phi) is 6.08. The van der Waals surface area contributed by atoms with Crippen molar-refractivity contribution in [1.29, 1.82) is 0 Å². The molecule has 0 fully saturated rings. The molecule has 0 spiro atoms. The van der Waals surface area contributed by atoms with Crippen molar-refractivity contribution < 1.29 is 4.79 Å². The van der Waals surface area contributed by atoms with E-state index in [1.54, 1.807) is 0 Å². The molecule has 0 aromatic heterocycles. The highest BCUT2D eigenvalue weighted by Gasteiger charge is 2.14. The molecule has 1 atom stereocenters. The zero-order chi connectivity index (χ0) is 16.8. The maximum absolute atomic E-state index is 12.2. The second-order valence-electron chi connectivity index (χ2n) is 6.31. The summed E-state index contributed by atoms with van der Waals surface area (Å²) in [6.45, 7) is 5.22. The molecule has 3 heteroatoms. The number of rotatable bonds is 7. The van der Waals surface area contributed by atoms with Gasteiger partial charge >= 0.3 is 0 Å². The first-order valence-corrected chi connectivity index (χ1v) is 8.01. The van der Waals surface area contributed by atoms with E-state index in [0.29, 0.717) is 6.54 Å². The fourth-order valence-corrected chi connectivity index (χ4v) is 2.55. The summed E-state index contributed by atoms with van der Waals surface area (Å²) in [5, 5.41) is 3.30. The van der Waals surface area contributed by atoms with E-state index in [1.807, 2.05) is 31.2 Å². The quantitative estimate of drug-likeness (QED) is 0.796. The Morgan fingerprint density at radius 2 is 1.48 bits per heavy atom. The molecular formula is C20H26N2O. The average Bonchev–Trinajstić information content (AvgIpc) is 2.53. The van der Waals surface area contributed by atoms with E-state index in [1.165, 1.54) is 16.7 Å². The fourth-order valence-electron chi connectivity index (χ4n) is 2.55. The third-order valence-electron chi connectivity index (χ3n) is 4.08. The molecule has 2 aromatic rings. The molecule has 0 aliphatic heterocycles. The van der Waals surface area contributed by atoms with E-state index < -0.39 is 0 Å². The number of benzene rings is 2. The minimum absolute atomic E-state index is 0.131. The van der Waals surface area contributed by atoms with Crippen LogP contribution in [0.1, 0.15) is 33.1 Å². The summed E-state index contributed by atoms with van der Waals surface area (Å²) in [6, 6.07) is 16.6. The van der Waals surface area contributed by atoms with Gasteiger partial charge in [-0.3, -0.25) is 4.79 Å². The highest BCUT2D eigenvalue weighted by Crippen LogP contribution is 2.17. The number of hydrogen-bond acceptors (Lipinski definition) is 3. The van der Waals surface area contributed by atoms with Crippen LogP contribution in [-0.2, 0) is 0 Å². The van der Waals surface area contributed by atoms with Crippen molar-refractivity contribution in [2.24, 2.45) is 0 Å². The minimum atomic E-state index is 0.131. The highest BCUT2D eigenvalue weighted by molar-refractivity contribution is 5.97. The number of nitrogens with zero attached hydrogens (tertiary/aromatic N) is 1. The molecule has 0 radical (unpaired) electrons. The van der Waals surface area contributed by atoms with Crippen molar-refractivity contribution in [1.82, 2.24) is 10.2 Å². The third kappa shape index (κ3) is 5.02. The fraction of sp³-hybridized carbons (Fsp3) is 0.350. The van der Waals surface area contributed by atoms with Gasteiger partial charge in [-0.05, 0) is 33.5 Å². The first kappa shape index (κ1) is 17.4. The maximum atomic E-state index is 12.2. The lowest BCUT2D eigenvalue weighted by atomic mass is 10.0. The van der Waals surface area contributed by atoms with Crippen LogP contribution in [0.3, 0.4) is 0 Å². The number of hydrogen-bond donors (Lipinski definition) is 1. The molecule has 23 heavy (non-hydrogen) atoms. The molecule has 0 aliphatic carbocycles. The molecule has 0 aliphatic rings. The lowest BCUT2D eigenvalue weighted by Gasteiger charge is -2.25. The van der Waals surface area contributed by atoms with Crippen molar-refractivity contribution in [2.45, 2.75) is 19.9 Å². The van der Waals surface area contributed by atoms with Crippen molar-refractivity contribution in [2.75, 3.05) is 27.2 Å². The Hall–Kier alpha value is -1.97. The number of aryl methyl sites for hydroxylation is 2. The van der Waals surface area contributed by atoms with Crippen LogP contribution >= 0.6 is 0 Å². The van der Waals surface area contributed by atoms with Gasteiger partial charge in [0, 0.05) is 18.2 Å². The Morgan fingerprint density at radius 1 is 0.957 bits per heavy atom. The zero-order valence-corrected chi connectivity index (χ0v) is 14.5.